The van der Waals surface area contributed by atoms with Gasteiger partial charge >= 0.3 is 5.97 Å². The second kappa shape index (κ2) is 32.8. The van der Waals surface area contributed by atoms with Gasteiger partial charge in [-0.15, -0.1) is 0 Å². The molecule has 0 spiro atoms. The van der Waals surface area contributed by atoms with Gasteiger partial charge in [-0.3, -0.25) is 19.2 Å². The molecule has 8 aromatic carbocycles. The number of nitrogens with one attached hydrogen (secondary N) is 4. The maximum absolute atomic E-state index is 14.3. The van der Waals surface area contributed by atoms with Crippen molar-refractivity contribution < 1.29 is 33.4 Å². The molecule has 0 saturated heterocycles. The number of amides is 2. The maximum Gasteiger partial charge on any atom is 0.306 e. The number of imidazole rings is 2. The molecule has 2 amide bonds. The second-order valence-corrected chi connectivity index (χ2v) is 25.2. The van der Waals surface area contributed by atoms with Gasteiger partial charge in [-0.2, -0.15) is 0 Å². The molecule has 0 radical (unpaired) electrons. The predicted octanol–water partition coefficient (Wildman–Crippen LogP) is 15.7. The largest absolute Gasteiger partial charge is 0.465 e. The number of carbonyl (C=O) groups is 4. The lowest BCUT2D eigenvalue weighted by molar-refractivity contribution is -0.148. The highest BCUT2D eigenvalue weighted by Gasteiger charge is 2.34. The molecular formula is C83H85N7O7. The van der Waals surface area contributed by atoms with E-state index in [0.29, 0.717) is 37.7 Å². The van der Waals surface area contributed by atoms with E-state index in [4.69, 9.17) is 24.9 Å². The average molecular weight is 1290 g/mol. The Bertz CT molecular complexity index is 4280. The molecule has 0 fully saturated rings. The van der Waals surface area contributed by atoms with Crippen LogP contribution in [-0.4, -0.2) is 68.9 Å². The van der Waals surface area contributed by atoms with Gasteiger partial charge < -0.3 is 40.5 Å². The molecule has 4 atom stereocenters. The second-order valence-electron chi connectivity index (χ2n) is 25.2. The molecule has 3 aliphatic rings. The van der Waals surface area contributed by atoms with E-state index < -0.39 is 35.4 Å². The van der Waals surface area contributed by atoms with Gasteiger partial charge in [0.15, 0.2) is 5.78 Å². The molecule has 6 N–H and O–H groups in total. The summed E-state index contributed by atoms with van der Waals surface area (Å²) in [7, 11) is 0. The van der Waals surface area contributed by atoms with Gasteiger partial charge in [0.25, 0.3) is 0 Å². The first-order chi connectivity index (χ1) is 47.4. The molecule has 2 aromatic heterocycles. The Kier molecular flexibility index (Phi) is 23.0. The highest BCUT2D eigenvalue weighted by atomic mass is 16.5. The standard InChI is InChI=1S/C46H41N3O4.C35H38N4O3.C2H6/c50-44(53-30-41-39-21-11-9-19-37(39)38-20-10-12-22-40(38)41)26-35(29-52-28-31-13-3-1-4-14-31)46(51)49-42(25-34-24-23-32-15-7-8-18-36(32)34)45-47-27-43(48-45)33-16-5-2-6-17-33;1-35(2,36)32(40)20-28(23-42-22-24-11-5-3-6-12-24)34(41)39-30(19-27-18-17-25-13-9-10-16-29(25)27)33-37-21-31(38-33)26-14-7-4-8-15-26;1-2/h1-22,24,27,35,41-42H,23,25-26,28-30H2,(H,47,48)(H,49,51);3-16,18,21,28,30H,17,19-20,22-23,36H2,1-2H3,(H,37,38)(H,39,41);1-2H3/t35-,42-;28-,30-;/m11./s1. The molecule has 2 heterocycles. The number of hydrogen-bond donors (Lipinski definition) is 5. The number of carbonyl (C=O) groups excluding carboxylic acids is 4. The van der Waals surface area contributed by atoms with Gasteiger partial charge in [0.2, 0.25) is 11.8 Å². The van der Waals surface area contributed by atoms with Crippen molar-refractivity contribution in [2.75, 3.05) is 19.8 Å². The van der Waals surface area contributed by atoms with E-state index in [9.17, 15) is 19.2 Å². The first-order valence-electron chi connectivity index (χ1n) is 33.6. The summed E-state index contributed by atoms with van der Waals surface area (Å²) >= 11 is 0. The maximum atomic E-state index is 14.3. The molecular weight excluding hydrogens is 1210 g/mol. The number of nitrogens with zero attached hydrogens (tertiary/aromatic N) is 2. The number of esters is 1. The minimum atomic E-state index is -1.05. The van der Waals surface area contributed by atoms with Crippen LogP contribution in [-0.2, 0) is 59.4 Å². The van der Waals surface area contributed by atoms with E-state index in [-0.39, 0.29) is 56.2 Å². The number of aromatic amines is 2. The Labute approximate surface area is 568 Å². The van der Waals surface area contributed by atoms with Crippen molar-refractivity contribution in [3.8, 4) is 33.6 Å². The highest BCUT2D eigenvalue weighted by Crippen LogP contribution is 2.45. The lowest BCUT2D eigenvalue weighted by atomic mass is 9.91. The van der Waals surface area contributed by atoms with Crippen molar-refractivity contribution in [1.82, 2.24) is 30.6 Å². The minimum Gasteiger partial charge on any atom is -0.465 e. The Morgan fingerprint density at radius 1 is 0.505 bits per heavy atom. The summed E-state index contributed by atoms with van der Waals surface area (Å²) in [5, 5.41) is 6.49. The van der Waals surface area contributed by atoms with Crippen molar-refractivity contribution in [2.45, 2.75) is 103 Å². The minimum absolute atomic E-state index is 0.0181. The zero-order valence-electron chi connectivity index (χ0n) is 55.6. The van der Waals surface area contributed by atoms with E-state index in [1.807, 2.05) is 178 Å². The number of nitrogens with two attached hydrogens (primary N) is 1. The molecule has 14 heteroatoms. The Hall–Kier alpha value is -10.4. The molecule has 3 aliphatic carbocycles. The monoisotopic (exact) mass is 1290 g/mol. The number of ketones is 1. The third-order valence-electron chi connectivity index (χ3n) is 17.9. The average Bonchev–Trinajstić information content (AvgIpc) is 1.63. The van der Waals surface area contributed by atoms with E-state index in [0.717, 1.165) is 79.9 Å². The Morgan fingerprint density at radius 2 is 0.887 bits per heavy atom. The SMILES string of the molecule is CC.CC(C)(N)C(=O)C[C@H](COCc1ccccc1)C(=O)N[C@H](CC1=CCc2ccccc21)c1ncc(-c2ccccc2)[nH]1.O=C(C[C@H](COCc1ccccc1)C(=O)N[C@H](CC1=CCc2ccccc21)c1ncc(-c2ccccc2)[nH]1)OCC1c2ccccc2-c2ccccc21. The van der Waals surface area contributed by atoms with Crippen LogP contribution >= 0.6 is 0 Å². The molecule has 0 unspecified atom stereocenters. The number of rotatable bonds is 27. The van der Waals surface area contributed by atoms with Crippen LogP contribution in [0.4, 0.5) is 0 Å². The van der Waals surface area contributed by atoms with Crippen molar-refractivity contribution in [3.05, 3.63) is 299 Å². The number of ether oxygens (including phenoxy) is 3. The molecule has 0 bridgehead atoms. The van der Waals surface area contributed by atoms with Crippen LogP contribution < -0.4 is 16.4 Å². The topological polar surface area (TPSA) is 203 Å². The van der Waals surface area contributed by atoms with Gasteiger partial charge in [-0.1, -0.05) is 244 Å². The fourth-order valence-electron chi connectivity index (χ4n) is 12.7. The number of allylic oxidation sites excluding steroid dienone is 2. The summed E-state index contributed by atoms with van der Waals surface area (Å²) in [5.41, 5.74) is 22.6. The van der Waals surface area contributed by atoms with Gasteiger partial charge in [0.1, 0.15) is 18.3 Å². The van der Waals surface area contributed by atoms with Crippen LogP contribution in [0.1, 0.15) is 128 Å². The highest BCUT2D eigenvalue weighted by molar-refractivity contribution is 5.92. The van der Waals surface area contributed by atoms with Gasteiger partial charge in [-0.25, -0.2) is 9.97 Å². The smallest absolute Gasteiger partial charge is 0.306 e. The van der Waals surface area contributed by atoms with E-state index in [2.05, 4.69) is 92.3 Å². The summed E-state index contributed by atoms with van der Waals surface area (Å²) < 4.78 is 18.0. The summed E-state index contributed by atoms with van der Waals surface area (Å²) in [5.74, 6) is -1.46. The van der Waals surface area contributed by atoms with E-state index in [1.54, 1.807) is 26.2 Å². The number of benzene rings is 8. The number of H-pyrrole nitrogens is 2. The van der Waals surface area contributed by atoms with Crippen molar-refractivity contribution in [3.63, 3.8) is 0 Å². The molecule has 494 valence electrons. The fraction of sp³-hybridized carbons (Fsp3) is 0.253. The van der Waals surface area contributed by atoms with Crippen molar-refractivity contribution in [2.24, 2.45) is 17.6 Å². The van der Waals surface area contributed by atoms with Crippen LogP contribution in [0.2, 0.25) is 0 Å². The lowest BCUT2D eigenvalue weighted by Crippen LogP contribution is -2.45. The lowest BCUT2D eigenvalue weighted by Gasteiger charge is -2.24. The predicted molar refractivity (Wildman–Crippen MR) is 383 cm³/mol. The van der Waals surface area contributed by atoms with Crippen LogP contribution in [0.25, 0.3) is 44.8 Å². The number of fused-ring (bicyclic) bond motifs is 5. The Morgan fingerprint density at radius 3 is 1.32 bits per heavy atom. The normalized spacial score (nSPS) is 13.9. The molecule has 14 nitrogen and oxygen atoms in total. The molecule has 10 aromatic rings. The first kappa shape index (κ1) is 68.0. The van der Waals surface area contributed by atoms with Crippen LogP contribution in [0.15, 0.2) is 243 Å². The number of Topliss-reactive ketones (excluding diaryl/α,β-unsaturated/α-hetero) is 1. The van der Waals surface area contributed by atoms with Crippen LogP contribution in [0.3, 0.4) is 0 Å². The summed E-state index contributed by atoms with van der Waals surface area (Å²) in [6, 6.07) is 71.8. The van der Waals surface area contributed by atoms with Gasteiger partial charge in [0.05, 0.1) is 86.1 Å². The van der Waals surface area contributed by atoms with Gasteiger partial charge in [-0.05, 0) is 105 Å². The van der Waals surface area contributed by atoms with Crippen LogP contribution in [0, 0.1) is 11.8 Å². The zero-order valence-corrected chi connectivity index (χ0v) is 55.6. The molecule has 0 saturated carbocycles. The summed E-state index contributed by atoms with van der Waals surface area (Å²) in [4.78, 5) is 71.1. The molecule has 97 heavy (non-hydrogen) atoms. The Balaban J connectivity index is 0.000000197. The summed E-state index contributed by atoms with van der Waals surface area (Å²) in [6.07, 6.45) is 10.7. The third-order valence-corrected chi connectivity index (χ3v) is 17.9. The first-order valence-corrected chi connectivity index (χ1v) is 33.6. The zero-order chi connectivity index (χ0) is 67.5. The van der Waals surface area contributed by atoms with E-state index >= 15 is 0 Å². The van der Waals surface area contributed by atoms with Crippen molar-refractivity contribution in [1.29, 1.82) is 0 Å². The fourth-order valence-corrected chi connectivity index (χ4v) is 12.7. The van der Waals surface area contributed by atoms with Crippen LogP contribution in [0.5, 0.6) is 0 Å². The van der Waals surface area contributed by atoms with Crippen molar-refractivity contribution >= 4 is 34.7 Å². The molecule has 13 rings (SSSR count). The summed E-state index contributed by atoms with van der Waals surface area (Å²) in [6.45, 7) is 8.32. The number of aromatic nitrogens is 4. The van der Waals surface area contributed by atoms with E-state index in [1.165, 1.54) is 22.3 Å². The third kappa shape index (κ3) is 17.6. The number of hydrogen-bond acceptors (Lipinski definition) is 10. The molecule has 0 aliphatic heterocycles. The quantitative estimate of drug-likeness (QED) is 0.0308. The van der Waals surface area contributed by atoms with Gasteiger partial charge in [0, 0.05) is 25.2 Å².